The van der Waals surface area contributed by atoms with E-state index in [2.05, 4.69) is 27.2 Å². The second-order valence-electron chi connectivity index (χ2n) is 5.48. The Bertz CT molecular complexity index is 387. The average molecular weight is 263 g/mol. The third kappa shape index (κ3) is 4.06. The zero-order chi connectivity index (χ0) is 13.7. The van der Waals surface area contributed by atoms with Crippen molar-refractivity contribution in [3.8, 4) is 0 Å². The van der Waals surface area contributed by atoms with Crippen LogP contribution in [0.4, 0.5) is 11.8 Å². The fourth-order valence-corrected chi connectivity index (χ4v) is 2.55. The molecule has 0 bridgehead atoms. The summed E-state index contributed by atoms with van der Waals surface area (Å²) < 4.78 is 0. The van der Waals surface area contributed by atoms with Crippen LogP contribution in [-0.4, -0.2) is 55.1 Å². The van der Waals surface area contributed by atoms with Crippen LogP contribution in [-0.2, 0) is 0 Å². The molecule has 0 unspecified atom stereocenters. The highest BCUT2D eigenvalue weighted by Gasteiger charge is 2.18. The second kappa shape index (κ2) is 6.70. The molecule has 0 atom stereocenters. The number of nitrogens with zero attached hydrogens (tertiary/aromatic N) is 4. The monoisotopic (exact) mass is 263 g/mol. The molecule has 5 heteroatoms. The van der Waals surface area contributed by atoms with E-state index in [1.807, 2.05) is 25.1 Å². The Morgan fingerprint density at radius 1 is 1.26 bits per heavy atom. The van der Waals surface area contributed by atoms with Crippen molar-refractivity contribution in [2.24, 2.45) is 0 Å². The van der Waals surface area contributed by atoms with E-state index in [4.69, 9.17) is 0 Å². The summed E-state index contributed by atoms with van der Waals surface area (Å²) in [7, 11) is 6.13. The van der Waals surface area contributed by atoms with Crippen LogP contribution in [0, 0.1) is 0 Å². The van der Waals surface area contributed by atoms with E-state index in [0.29, 0.717) is 0 Å². The molecule has 0 amide bonds. The largest absolute Gasteiger partial charge is 0.369 e. The number of nitrogens with one attached hydrogen (secondary N) is 1. The predicted octanol–water partition coefficient (Wildman–Crippen LogP) is 1.83. The predicted molar refractivity (Wildman–Crippen MR) is 79.7 cm³/mol. The number of hydrogen-bond acceptors (Lipinski definition) is 5. The molecule has 19 heavy (non-hydrogen) atoms. The van der Waals surface area contributed by atoms with Crippen LogP contribution in [0.2, 0.25) is 0 Å². The minimum atomic E-state index is 0.745. The molecule has 5 nitrogen and oxygen atoms in total. The first kappa shape index (κ1) is 14.1. The van der Waals surface area contributed by atoms with Crippen LogP contribution in [0.15, 0.2) is 12.3 Å². The van der Waals surface area contributed by atoms with Gasteiger partial charge in [0, 0.05) is 39.4 Å². The van der Waals surface area contributed by atoms with Crippen molar-refractivity contribution in [1.82, 2.24) is 14.9 Å². The maximum absolute atomic E-state index is 4.45. The van der Waals surface area contributed by atoms with Gasteiger partial charge in [0.1, 0.15) is 5.82 Å². The molecule has 1 aliphatic rings. The topological polar surface area (TPSA) is 44.3 Å². The summed E-state index contributed by atoms with van der Waals surface area (Å²) in [5.74, 6) is 1.65. The molecule has 1 heterocycles. The molecule has 106 valence electrons. The van der Waals surface area contributed by atoms with E-state index in [9.17, 15) is 0 Å². The molecule has 1 saturated carbocycles. The normalized spacial score (nSPS) is 16.0. The van der Waals surface area contributed by atoms with Gasteiger partial charge in [-0.25, -0.2) is 4.98 Å². The van der Waals surface area contributed by atoms with Crippen LogP contribution in [0.5, 0.6) is 0 Å². The summed E-state index contributed by atoms with van der Waals surface area (Å²) >= 11 is 0. The summed E-state index contributed by atoms with van der Waals surface area (Å²) in [5.41, 5.74) is 0. The number of hydrogen-bond donors (Lipinski definition) is 1. The van der Waals surface area contributed by atoms with Crippen molar-refractivity contribution < 1.29 is 0 Å². The zero-order valence-electron chi connectivity index (χ0n) is 12.3. The minimum absolute atomic E-state index is 0.745. The molecule has 0 spiro atoms. The maximum atomic E-state index is 4.45. The van der Waals surface area contributed by atoms with Gasteiger partial charge in [0.05, 0.1) is 0 Å². The van der Waals surface area contributed by atoms with Crippen LogP contribution < -0.4 is 10.2 Å². The highest BCUT2D eigenvalue weighted by atomic mass is 15.2. The van der Waals surface area contributed by atoms with E-state index in [1.165, 1.54) is 25.7 Å². The Kier molecular flexibility index (Phi) is 4.96. The van der Waals surface area contributed by atoms with Gasteiger partial charge in [-0.1, -0.05) is 12.8 Å². The van der Waals surface area contributed by atoms with Crippen molar-refractivity contribution in [3.63, 3.8) is 0 Å². The standard InChI is InChI=1S/C14H25N5/c1-18(2)14-16-9-8-13(17-14)15-10-11-19(3)12-6-4-5-7-12/h8-9,12H,4-7,10-11H2,1-3H3,(H,15,16,17). The van der Waals surface area contributed by atoms with Gasteiger partial charge >= 0.3 is 0 Å². The van der Waals surface area contributed by atoms with Gasteiger partial charge in [-0.3, -0.25) is 0 Å². The van der Waals surface area contributed by atoms with Crippen molar-refractivity contribution >= 4 is 11.8 Å². The van der Waals surface area contributed by atoms with Crippen LogP contribution in [0.3, 0.4) is 0 Å². The second-order valence-corrected chi connectivity index (χ2v) is 5.48. The molecule has 0 aliphatic heterocycles. The summed E-state index contributed by atoms with van der Waals surface area (Å²) in [5, 5.41) is 3.37. The summed E-state index contributed by atoms with van der Waals surface area (Å²) in [6, 6.07) is 2.70. The molecule has 1 fully saturated rings. The van der Waals surface area contributed by atoms with Crippen LogP contribution in [0.1, 0.15) is 25.7 Å². The van der Waals surface area contributed by atoms with Gasteiger partial charge in [0.2, 0.25) is 5.95 Å². The van der Waals surface area contributed by atoms with E-state index in [1.54, 1.807) is 6.20 Å². The maximum Gasteiger partial charge on any atom is 0.226 e. The van der Waals surface area contributed by atoms with Crippen LogP contribution >= 0.6 is 0 Å². The molecule has 1 aliphatic carbocycles. The minimum Gasteiger partial charge on any atom is -0.369 e. The zero-order valence-corrected chi connectivity index (χ0v) is 12.3. The van der Waals surface area contributed by atoms with Gasteiger partial charge in [0.15, 0.2) is 0 Å². The molecule has 0 radical (unpaired) electrons. The van der Waals surface area contributed by atoms with Gasteiger partial charge in [-0.05, 0) is 26.0 Å². The van der Waals surface area contributed by atoms with Crippen molar-refractivity contribution in [1.29, 1.82) is 0 Å². The average Bonchev–Trinajstić information content (AvgIpc) is 2.93. The Balaban J connectivity index is 1.77. The lowest BCUT2D eigenvalue weighted by Gasteiger charge is -2.24. The van der Waals surface area contributed by atoms with Gasteiger partial charge in [0.25, 0.3) is 0 Å². The first-order valence-electron chi connectivity index (χ1n) is 7.11. The quantitative estimate of drug-likeness (QED) is 0.848. The van der Waals surface area contributed by atoms with Crippen LogP contribution in [0.25, 0.3) is 0 Å². The summed E-state index contributed by atoms with van der Waals surface area (Å²) in [6.45, 7) is 1.99. The van der Waals surface area contributed by atoms with E-state index < -0.39 is 0 Å². The lowest BCUT2D eigenvalue weighted by Crippen LogP contribution is -2.33. The first-order valence-corrected chi connectivity index (χ1v) is 7.11. The number of aromatic nitrogens is 2. The Morgan fingerprint density at radius 2 is 2.00 bits per heavy atom. The number of rotatable bonds is 6. The fourth-order valence-electron chi connectivity index (χ4n) is 2.55. The summed E-state index contributed by atoms with van der Waals surface area (Å²) in [6.07, 6.45) is 7.29. The number of likely N-dealkylation sites (N-methyl/N-ethyl adjacent to an activating group) is 1. The Morgan fingerprint density at radius 3 is 2.68 bits per heavy atom. The van der Waals surface area contributed by atoms with Gasteiger partial charge in [-0.15, -0.1) is 0 Å². The molecule has 1 aromatic rings. The Hall–Kier alpha value is -1.36. The third-order valence-electron chi connectivity index (χ3n) is 3.76. The molecule has 0 saturated heterocycles. The molecule has 1 aromatic heterocycles. The number of anilines is 2. The highest BCUT2D eigenvalue weighted by Crippen LogP contribution is 2.21. The smallest absolute Gasteiger partial charge is 0.226 e. The Labute approximate surface area is 116 Å². The lowest BCUT2D eigenvalue weighted by atomic mass is 10.2. The molecule has 0 aromatic carbocycles. The van der Waals surface area contributed by atoms with Gasteiger partial charge < -0.3 is 15.1 Å². The highest BCUT2D eigenvalue weighted by molar-refractivity contribution is 5.40. The molecular weight excluding hydrogens is 238 g/mol. The summed E-state index contributed by atoms with van der Waals surface area (Å²) in [4.78, 5) is 13.0. The third-order valence-corrected chi connectivity index (χ3v) is 3.76. The fraction of sp³-hybridized carbons (Fsp3) is 0.714. The first-order chi connectivity index (χ1) is 9.16. The lowest BCUT2D eigenvalue weighted by molar-refractivity contribution is 0.254. The molecule has 2 rings (SSSR count). The van der Waals surface area contributed by atoms with E-state index in [-0.39, 0.29) is 0 Å². The van der Waals surface area contributed by atoms with Crippen molar-refractivity contribution in [2.45, 2.75) is 31.7 Å². The van der Waals surface area contributed by atoms with Gasteiger partial charge in [-0.2, -0.15) is 4.98 Å². The SMILES string of the molecule is CN(C)c1nccc(NCCN(C)C2CCCC2)n1. The van der Waals surface area contributed by atoms with Crippen molar-refractivity contribution in [3.05, 3.63) is 12.3 Å². The molecular formula is C14H25N5. The van der Waals surface area contributed by atoms with Crippen molar-refractivity contribution in [2.75, 3.05) is 44.4 Å². The van der Waals surface area contributed by atoms with E-state index >= 15 is 0 Å². The van der Waals surface area contributed by atoms with E-state index in [0.717, 1.165) is 30.9 Å². The molecule has 1 N–H and O–H groups in total.